The van der Waals surface area contributed by atoms with Gasteiger partial charge in [0.05, 0.1) is 30.4 Å². The lowest BCUT2D eigenvalue weighted by molar-refractivity contribution is -0.147. The monoisotopic (exact) mass is 564 g/mol. The molecule has 0 aliphatic carbocycles. The van der Waals surface area contributed by atoms with Crippen LogP contribution in [0.5, 0.6) is 0 Å². The molecule has 6 heterocycles. The van der Waals surface area contributed by atoms with Crippen molar-refractivity contribution in [2.75, 3.05) is 52.3 Å². The molecule has 0 aromatic heterocycles. The molecule has 4 N–H and O–H groups in total. The second-order valence-electron chi connectivity index (χ2n) is 11.1. The normalized spacial score (nSPS) is 36.5. The number of rotatable bonds is 9. The Morgan fingerprint density at radius 3 is 1.65 bits per heavy atom. The van der Waals surface area contributed by atoms with E-state index in [1.54, 1.807) is 0 Å². The Bertz CT molecular complexity index is 1060. The van der Waals surface area contributed by atoms with Gasteiger partial charge in [0.15, 0.2) is 12.2 Å². The van der Waals surface area contributed by atoms with Crippen molar-refractivity contribution in [1.82, 2.24) is 31.1 Å². The van der Waals surface area contributed by atoms with Crippen molar-refractivity contribution in [3.05, 3.63) is 0 Å². The van der Waals surface area contributed by atoms with Gasteiger partial charge in [0.25, 0.3) is 0 Å². The van der Waals surface area contributed by atoms with E-state index in [2.05, 4.69) is 21.3 Å². The summed E-state index contributed by atoms with van der Waals surface area (Å²) in [7, 11) is -2.46. The molecule has 6 fully saturated rings. The number of likely N-dealkylation sites (tertiary alicyclic amines) is 2. The second-order valence-corrected chi connectivity index (χ2v) is 11.1. The summed E-state index contributed by atoms with van der Waals surface area (Å²) in [6, 6.07) is -0.381. The molecule has 40 heavy (non-hydrogen) atoms. The van der Waals surface area contributed by atoms with Crippen molar-refractivity contribution >= 4 is 38.0 Å². The van der Waals surface area contributed by atoms with Crippen molar-refractivity contribution < 1.29 is 43.3 Å². The van der Waals surface area contributed by atoms with Crippen LogP contribution in [0.4, 0.5) is 0 Å². The van der Waals surface area contributed by atoms with E-state index in [1.807, 2.05) is 0 Å². The van der Waals surface area contributed by atoms with E-state index >= 15 is 0 Å². The molecule has 16 heteroatoms. The van der Waals surface area contributed by atoms with Gasteiger partial charge in [-0.1, -0.05) is 0 Å². The molecule has 6 atom stereocenters. The molecule has 0 aromatic rings. The largest absolute Gasteiger partial charge is 0.552 e. The molecule has 2 amide bonds. The summed E-state index contributed by atoms with van der Waals surface area (Å²) in [6.45, 7) is -1.60. The van der Waals surface area contributed by atoms with Gasteiger partial charge in [-0.2, -0.15) is 0 Å². The first-order valence-corrected chi connectivity index (χ1v) is 14.3. The average Bonchev–Trinajstić information content (AvgIpc) is 3.80. The second kappa shape index (κ2) is 12.3. The molecule has 0 saturated carbocycles. The summed E-state index contributed by atoms with van der Waals surface area (Å²) in [5, 5.41) is 11.8. The SMILES string of the molecule is [2H]C([2H])(N[C@@H]1CCNC1)C(=O)N1CCC[C@@H]1B1OC(=O)C(C2OB([C@@H]3CCCN3C(=O)C([2H])([2H])N[C@@H]3CCNC3)OC2=O)O1. The van der Waals surface area contributed by atoms with Crippen LogP contribution in [0.3, 0.4) is 0 Å². The molecule has 6 aliphatic heterocycles. The minimum Gasteiger partial charge on any atom is -0.506 e. The van der Waals surface area contributed by atoms with E-state index in [0.717, 1.165) is 13.1 Å². The van der Waals surface area contributed by atoms with Crippen LogP contribution in [0.25, 0.3) is 0 Å². The predicted octanol–water partition coefficient (Wildman–Crippen LogP) is -3.19. The maximum absolute atomic E-state index is 13.2. The van der Waals surface area contributed by atoms with E-state index in [1.165, 1.54) is 9.80 Å². The molecule has 6 aliphatic rings. The van der Waals surface area contributed by atoms with Crippen LogP contribution in [-0.4, -0.2) is 136 Å². The lowest BCUT2D eigenvalue weighted by Gasteiger charge is -2.26. The summed E-state index contributed by atoms with van der Waals surface area (Å²) in [5.74, 6) is -4.82. The Kier molecular flexibility index (Phi) is 7.20. The van der Waals surface area contributed by atoms with Gasteiger partial charge in [-0.15, -0.1) is 0 Å². The molecule has 6 saturated heterocycles. The van der Waals surface area contributed by atoms with Crippen LogP contribution in [0.15, 0.2) is 0 Å². The van der Waals surface area contributed by atoms with Crippen LogP contribution >= 0.6 is 0 Å². The Morgan fingerprint density at radius 2 is 1.25 bits per heavy atom. The molecular formula is C24H38B2N6O8. The maximum atomic E-state index is 13.2. The lowest BCUT2D eigenvalue weighted by Crippen LogP contribution is -2.51. The fourth-order valence-corrected chi connectivity index (χ4v) is 6.23. The van der Waals surface area contributed by atoms with Gasteiger partial charge in [0.1, 0.15) is 0 Å². The van der Waals surface area contributed by atoms with Gasteiger partial charge >= 0.3 is 26.2 Å². The van der Waals surface area contributed by atoms with Crippen LogP contribution in [0.1, 0.15) is 44.0 Å². The predicted molar refractivity (Wildman–Crippen MR) is 141 cm³/mol. The molecular weight excluding hydrogens is 522 g/mol. The number of nitrogens with one attached hydrogen (secondary N) is 4. The summed E-state index contributed by atoms with van der Waals surface area (Å²) in [6.07, 6.45) is 0.322. The van der Waals surface area contributed by atoms with Crippen molar-refractivity contribution in [3.63, 3.8) is 0 Å². The lowest BCUT2D eigenvalue weighted by atomic mass is 9.76. The molecule has 218 valence electrons. The zero-order valence-corrected chi connectivity index (χ0v) is 22.3. The Morgan fingerprint density at radius 1 is 0.800 bits per heavy atom. The fourth-order valence-electron chi connectivity index (χ4n) is 6.23. The van der Waals surface area contributed by atoms with Crippen LogP contribution in [0, 0.1) is 0 Å². The maximum Gasteiger partial charge on any atom is 0.552 e. The number of amides is 2. The van der Waals surface area contributed by atoms with Gasteiger partial charge in [0, 0.05) is 38.3 Å². The minimum absolute atomic E-state index is 0.191. The first-order chi connectivity index (χ1) is 20.9. The fraction of sp³-hybridized carbons (Fsp3) is 0.833. The number of carbonyl (C=O) groups is 4. The van der Waals surface area contributed by atoms with E-state index in [4.69, 9.17) is 24.1 Å². The van der Waals surface area contributed by atoms with Gasteiger partial charge in [0.2, 0.25) is 11.8 Å². The third-order valence-electron chi connectivity index (χ3n) is 8.40. The molecule has 0 aromatic carbocycles. The average molecular weight is 564 g/mol. The number of carbonyl (C=O) groups excluding carboxylic acids is 4. The standard InChI is InChI=1S/C24H38B2N6O8/c33-19(13-29-15-5-7-27-11-15)31-9-1-3-17(31)25-37-21(23(35)39-25)22-24(36)40-26(38-22)18-4-2-10-32(18)20(34)14-30-16-6-8-28-12-16/h15-18,21-22,27-30H,1-14H2/t15-,16-,17-,18+,21?,22?/m1/s1/i13D2,14D2. The molecule has 14 nitrogen and oxygen atoms in total. The van der Waals surface area contributed by atoms with Crippen LogP contribution < -0.4 is 21.3 Å². The quantitative estimate of drug-likeness (QED) is 0.208. The van der Waals surface area contributed by atoms with Crippen molar-refractivity contribution in [3.8, 4) is 0 Å². The van der Waals surface area contributed by atoms with Crippen molar-refractivity contribution in [2.45, 2.75) is 74.7 Å². The highest BCUT2D eigenvalue weighted by Crippen LogP contribution is 2.31. The zero-order valence-electron chi connectivity index (χ0n) is 26.3. The topological polar surface area (TPSA) is 160 Å². The number of hydrogen-bond donors (Lipinski definition) is 4. The Labute approximate surface area is 239 Å². The Balaban J connectivity index is 1.08. The molecule has 2 unspecified atom stereocenters. The third kappa shape index (κ3) is 5.88. The highest BCUT2D eigenvalue weighted by molar-refractivity contribution is 6.53. The van der Waals surface area contributed by atoms with Crippen LogP contribution in [-0.2, 0) is 37.8 Å². The first-order valence-electron chi connectivity index (χ1n) is 16.3. The summed E-state index contributed by atoms with van der Waals surface area (Å²) in [5.41, 5.74) is 0. The van der Waals surface area contributed by atoms with Gasteiger partial charge in [-0.05, 0) is 51.6 Å². The molecule has 0 radical (unpaired) electrons. The molecule has 0 bridgehead atoms. The van der Waals surface area contributed by atoms with Crippen LogP contribution in [0.2, 0.25) is 0 Å². The number of nitrogens with zero attached hydrogens (tertiary/aromatic N) is 2. The third-order valence-corrected chi connectivity index (χ3v) is 8.40. The molecule has 0 spiro atoms. The highest BCUT2D eigenvalue weighted by Gasteiger charge is 2.59. The van der Waals surface area contributed by atoms with Gasteiger partial charge in [-0.25, -0.2) is 0 Å². The highest BCUT2D eigenvalue weighted by atomic mass is 16.7. The van der Waals surface area contributed by atoms with Gasteiger partial charge in [-0.3, -0.25) is 19.2 Å². The smallest absolute Gasteiger partial charge is 0.506 e. The van der Waals surface area contributed by atoms with E-state index in [-0.39, 0.29) is 25.2 Å². The molecule has 6 rings (SSSR count). The number of hydrogen-bond acceptors (Lipinski definition) is 12. The summed E-state index contributed by atoms with van der Waals surface area (Å²) < 4.78 is 56.0. The zero-order chi connectivity index (χ0) is 31.2. The van der Waals surface area contributed by atoms with E-state index in [0.29, 0.717) is 51.6 Å². The van der Waals surface area contributed by atoms with Gasteiger partial charge < -0.3 is 49.7 Å². The van der Waals surface area contributed by atoms with E-state index in [9.17, 15) is 19.2 Å². The van der Waals surface area contributed by atoms with Crippen molar-refractivity contribution in [2.24, 2.45) is 0 Å². The Hall–Kier alpha value is -2.23. The summed E-state index contributed by atoms with van der Waals surface area (Å²) in [4.78, 5) is 55.0. The van der Waals surface area contributed by atoms with Crippen molar-refractivity contribution in [1.29, 1.82) is 0 Å². The van der Waals surface area contributed by atoms with E-state index < -0.39 is 75.1 Å². The minimum atomic E-state index is -2.34. The first kappa shape index (κ1) is 23.3. The summed E-state index contributed by atoms with van der Waals surface area (Å²) >= 11 is 0.